The molecule has 3 rings (SSSR count). The van der Waals surface area contributed by atoms with Gasteiger partial charge in [-0.2, -0.15) is 0 Å². The van der Waals surface area contributed by atoms with Crippen molar-refractivity contribution in [1.29, 1.82) is 0 Å². The summed E-state index contributed by atoms with van der Waals surface area (Å²) in [5.41, 5.74) is 0. The molecule has 0 atom stereocenters. The molecule has 0 saturated carbocycles. The molecule has 2 aromatic carbocycles. The number of ether oxygens (including phenoxy) is 1. The third-order valence-electron chi connectivity index (χ3n) is 2.59. The van der Waals surface area contributed by atoms with Crippen molar-refractivity contribution in [2.24, 2.45) is 0 Å². The van der Waals surface area contributed by atoms with Crippen LogP contribution in [0.3, 0.4) is 0 Å². The quantitative estimate of drug-likeness (QED) is 0.509. The highest BCUT2D eigenvalue weighted by Gasteiger charge is 2.10. The Bertz CT molecular complexity index is 684. The minimum Gasteiger partial charge on any atom is -0.594 e. The second kappa shape index (κ2) is 4.33. The molecular formula is C14H10N2O2. The molecule has 4 heteroatoms. The standard InChI is InChI=1S/C14H10N2O2/c17-16-10-11-6-4-5-9-13(11)14(15-16)18-12-7-2-1-3-8-12/h1-10H. The van der Waals surface area contributed by atoms with Crippen LogP contribution in [0.5, 0.6) is 11.6 Å². The number of hydrogen-bond acceptors (Lipinski definition) is 3. The molecule has 0 aliphatic carbocycles. The van der Waals surface area contributed by atoms with Gasteiger partial charge in [0.05, 0.1) is 15.9 Å². The Morgan fingerprint density at radius 3 is 2.50 bits per heavy atom. The highest BCUT2D eigenvalue weighted by atomic mass is 16.5. The van der Waals surface area contributed by atoms with Gasteiger partial charge in [-0.25, -0.2) is 0 Å². The van der Waals surface area contributed by atoms with E-state index in [0.717, 1.165) is 10.8 Å². The Labute approximate surface area is 104 Å². The average Bonchev–Trinajstić information content (AvgIpc) is 2.40. The summed E-state index contributed by atoms with van der Waals surface area (Å²) in [5, 5.41) is 16.9. The normalized spacial score (nSPS) is 10.4. The predicted molar refractivity (Wildman–Crippen MR) is 67.2 cm³/mol. The second-order valence-corrected chi connectivity index (χ2v) is 3.84. The van der Waals surface area contributed by atoms with Crippen LogP contribution in [0.2, 0.25) is 0 Å². The number of benzene rings is 2. The summed E-state index contributed by atoms with van der Waals surface area (Å²) in [4.78, 5) is 0.514. The number of nitrogens with zero attached hydrogens (tertiary/aromatic N) is 2. The van der Waals surface area contributed by atoms with Gasteiger partial charge in [0.1, 0.15) is 5.75 Å². The summed E-state index contributed by atoms with van der Waals surface area (Å²) in [5.74, 6) is 0.968. The van der Waals surface area contributed by atoms with Crippen molar-refractivity contribution in [3.63, 3.8) is 0 Å². The van der Waals surface area contributed by atoms with Crippen LogP contribution >= 0.6 is 0 Å². The Balaban J connectivity index is 2.11. The lowest BCUT2D eigenvalue weighted by Gasteiger charge is -2.06. The topological polar surface area (TPSA) is 49.1 Å². The lowest BCUT2D eigenvalue weighted by atomic mass is 10.2. The molecule has 0 fully saturated rings. The van der Waals surface area contributed by atoms with Crippen molar-refractivity contribution >= 4 is 10.8 Å². The first-order valence-corrected chi connectivity index (χ1v) is 5.55. The molecule has 0 amide bonds. The Morgan fingerprint density at radius 2 is 1.67 bits per heavy atom. The van der Waals surface area contributed by atoms with Crippen molar-refractivity contribution in [3.8, 4) is 11.6 Å². The molecule has 1 heterocycles. The van der Waals surface area contributed by atoms with Gasteiger partial charge in [-0.3, -0.25) is 0 Å². The zero-order valence-corrected chi connectivity index (χ0v) is 9.48. The number of aromatic nitrogens is 2. The van der Waals surface area contributed by atoms with Crippen LogP contribution < -0.4 is 9.58 Å². The van der Waals surface area contributed by atoms with Gasteiger partial charge in [0.2, 0.25) is 6.20 Å². The third kappa shape index (κ3) is 1.96. The molecule has 0 aliphatic heterocycles. The van der Waals surface area contributed by atoms with Gasteiger partial charge in [-0.15, -0.1) is 0 Å². The van der Waals surface area contributed by atoms with Crippen LogP contribution in [0.1, 0.15) is 0 Å². The number of rotatable bonds is 2. The molecule has 18 heavy (non-hydrogen) atoms. The fourth-order valence-electron chi connectivity index (χ4n) is 1.77. The molecule has 0 N–H and O–H groups in total. The first kappa shape index (κ1) is 10.5. The Morgan fingerprint density at radius 1 is 0.944 bits per heavy atom. The average molecular weight is 238 g/mol. The minimum absolute atomic E-state index is 0.314. The molecule has 0 bridgehead atoms. The van der Waals surface area contributed by atoms with E-state index in [4.69, 9.17) is 4.74 Å². The lowest BCUT2D eigenvalue weighted by Crippen LogP contribution is -2.30. The maximum atomic E-state index is 11.4. The zero-order chi connectivity index (χ0) is 12.4. The van der Waals surface area contributed by atoms with Crippen LogP contribution in [-0.4, -0.2) is 5.10 Å². The summed E-state index contributed by atoms with van der Waals surface area (Å²) in [6.07, 6.45) is 1.42. The molecule has 4 nitrogen and oxygen atoms in total. The molecule has 3 aromatic rings. The van der Waals surface area contributed by atoms with E-state index in [-0.39, 0.29) is 0 Å². The molecule has 0 radical (unpaired) electrons. The van der Waals surface area contributed by atoms with Crippen LogP contribution in [0.15, 0.2) is 60.8 Å². The van der Waals surface area contributed by atoms with E-state index in [0.29, 0.717) is 16.5 Å². The van der Waals surface area contributed by atoms with Gasteiger partial charge in [-0.05, 0) is 24.3 Å². The molecule has 0 aliphatic rings. The van der Waals surface area contributed by atoms with Gasteiger partial charge in [0.15, 0.2) is 0 Å². The SMILES string of the molecule is [O-][n+]1cc2ccccc2c(Oc2ccccc2)n1. The van der Waals surface area contributed by atoms with Crippen LogP contribution in [0, 0.1) is 5.21 Å². The van der Waals surface area contributed by atoms with E-state index in [1.807, 2.05) is 54.6 Å². The molecule has 0 unspecified atom stereocenters. The van der Waals surface area contributed by atoms with Gasteiger partial charge in [-0.1, -0.05) is 35.2 Å². The highest BCUT2D eigenvalue weighted by molar-refractivity contribution is 5.85. The third-order valence-corrected chi connectivity index (χ3v) is 2.59. The maximum absolute atomic E-state index is 11.4. The minimum atomic E-state index is 0.314. The van der Waals surface area contributed by atoms with Crippen LogP contribution in [0.4, 0.5) is 0 Å². The smallest absolute Gasteiger partial charge is 0.293 e. The number of para-hydroxylation sites is 1. The highest BCUT2D eigenvalue weighted by Crippen LogP contribution is 2.25. The van der Waals surface area contributed by atoms with E-state index in [1.165, 1.54) is 6.20 Å². The monoisotopic (exact) mass is 238 g/mol. The molecule has 0 saturated heterocycles. The first-order valence-electron chi connectivity index (χ1n) is 5.55. The number of fused-ring (bicyclic) bond motifs is 1. The van der Waals surface area contributed by atoms with Crippen molar-refractivity contribution in [1.82, 2.24) is 5.10 Å². The number of hydrogen-bond donors (Lipinski definition) is 0. The van der Waals surface area contributed by atoms with Crippen molar-refractivity contribution in [3.05, 3.63) is 66.0 Å². The molecule has 1 aromatic heterocycles. The largest absolute Gasteiger partial charge is 0.594 e. The van der Waals surface area contributed by atoms with Gasteiger partial charge in [0, 0.05) is 0 Å². The molecule has 88 valence electrons. The summed E-state index contributed by atoms with van der Waals surface area (Å²) in [6.45, 7) is 0. The summed E-state index contributed by atoms with van der Waals surface area (Å²) in [6, 6.07) is 16.8. The first-order chi connectivity index (χ1) is 8.83. The van der Waals surface area contributed by atoms with Crippen LogP contribution in [-0.2, 0) is 0 Å². The van der Waals surface area contributed by atoms with E-state index < -0.39 is 0 Å². The van der Waals surface area contributed by atoms with E-state index in [2.05, 4.69) is 5.10 Å². The Hall–Kier alpha value is -2.62. The summed E-state index contributed by atoms with van der Waals surface area (Å²) >= 11 is 0. The fraction of sp³-hybridized carbons (Fsp3) is 0. The second-order valence-electron chi connectivity index (χ2n) is 3.84. The molecular weight excluding hydrogens is 228 g/mol. The van der Waals surface area contributed by atoms with Crippen molar-refractivity contribution < 1.29 is 9.58 Å². The van der Waals surface area contributed by atoms with Crippen LogP contribution in [0.25, 0.3) is 10.8 Å². The fourth-order valence-corrected chi connectivity index (χ4v) is 1.77. The van der Waals surface area contributed by atoms with E-state index in [9.17, 15) is 5.21 Å². The summed E-state index contributed by atoms with van der Waals surface area (Å²) < 4.78 is 5.64. The van der Waals surface area contributed by atoms with E-state index in [1.54, 1.807) is 0 Å². The Kier molecular flexibility index (Phi) is 2.53. The zero-order valence-electron chi connectivity index (χ0n) is 9.48. The van der Waals surface area contributed by atoms with Gasteiger partial charge < -0.3 is 9.94 Å². The molecule has 0 spiro atoms. The van der Waals surface area contributed by atoms with Gasteiger partial charge in [0.25, 0.3) is 5.88 Å². The maximum Gasteiger partial charge on any atom is 0.293 e. The van der Waals surface area contributed by atoms with Crippen molar-refractivity contribution in [2.45, 2.75) is 0 Å². The summed E-state index contributed by atoms with van der Waals surface area (Å²) in [7, 11) is 0. The van der Waals surface area contributed by atoms with Gasteiger partial charge >= 0.3 is 0 Å². The van der Waals surface area contributed by atoms with E-state index >= 15 is 0 Å². The van der Waals surface area contributed by atoms with Crippen molar-refractivity contribution in [2.75, 3.05) is 0 Å². The predicted octanol–water partition coefficient (Wildman–Crippen LogP) is 2.66. The lowest BCUT2D eigenvalue weighted by molar-refractivity contribution is -0.668.